The van der Waals surface area contributed by atoms with E-state index in [0.717, 1.165) is 56.4 Å². The van der Waals surface area contributed by atoms with E-state index in [0.29, 0.717) is 11.3 Å². The zero-order valence-corrected chi connectivity index (χ0v) is 15.6. The zero-order valence-electron chi connectivity index (χ0n) is 15.6. The van der Waals surface area contributed by atoms with Crippen molar-refractivity contribution in [1.29, 1.82) is 0 Å². The third kappa shape index (κ3) is 4.45. The normalized spacial score (nSPS) is 14.5. The molecular weight excluding hydrogens is 342 g/mol. The van der Waals surface area contributed by atoms with Gasteiger partial charge in [-0.1, -0.05) is 38.0 Å². The van der Waals surface area contributed by atoms with E-state index in [1.165, 1.54) is 6.07 Å². The predicted octanol–water partition coefficient (Wildman–Crippen LogP) is 4.79. The minimum atomic E-state index is -0.392. The van der Waals surface area contributed by atoms with Gasteiger partial charge >= 0.3 is 0 Å². The highest BCUT2D eigenvalue weighted by molar-refractivity contribution is 6.05. The molecule has 1 heterocycles. The maximum atomic E-state index is 12.7. The Bertz CT molecular complexity index is 827. The third-order valence-corrected chi connectivity index (χ3v) is 5.03. The maximum absolute atomic E-state index is 12.7. The van der Waals surface area contributed by atoms with E-state index < -0.39 is 4.92 Å². The van der Waals surface area contributed by atoms with Gasteiger partial charge in [-0.2, -0.15) is 0 Å². The summed E-state index contributed by atoms with van der Waals surface area (Å²) >= 11 is 0. The van der Waals surface area contributed by atoms with Gasteiger partial charge in [0, 0.05) is 30.4 Å². The highest BCUT2D eigenvalue weighted by atomic mass is 16.6. The van der Waals surface area contributed by atoms with Crippen molar-refractivity contribution in [2.75, 3.05) is 23.3 Å². The van der Waals surface area contributed by atoms with Crippen LogP contribution in [0.3, 0.4) is 0 Å². The summed E-state index contributed by atoms with van der Waals surface area (Å²) < 4.78 is 0. The summed E-state index contributed by atoms with van der Waals surface area (Å²) in [6.45, 7) is 3.65. The number of hydrogen-bond acceptors (Lipinski definition) is 4. The smallest absolute Gasteiger partial charge is 0.293 e. The summed E-state index contributed by atoms with van der Waals surface area (Å²) in [4.78, 5) is 26.0. The van der Waals surface area contributed by atoms with Gasteiger partial charge in [-0.25, -0.2) is 0 Å². The number of amides is 1. The van der Waals surface area contributed by atoms with Crippen LogP contribution in [0.15, 0.2) is 42.5 Å². The zero-order chi connectivity index (χ0) is 19.2. The second kappa shape index (κ2) is 8.66. The van der Waals surface area contributed by atoms with Crippen LogP contribution in [0.4, 0.5) is 17.1 Å². The number of nitro benzene ring substituents is 1. The molecule has 2 aromatic carbocycles. The molecule has 0 bridgehead atoms. The molecule has 1 saturated heterocycles. The van der Waals surface area contributed by atoms with Crippen LogP contribution in [-0.4, -0.2) is 23.9 Å². The highest BCUT2D eigenvalue weighted by Gasteiger charge is 2.22. The number of benzene rings is 2. The molecule has 3 rings (SSSR count). The number of nitrogens with one attached hydrogen (secondary N) is 1. The van der Waals surface area contributed by atoms with E-state index in [9.17, 15) is 14.9 Å². The van der Waals surface area contributed by atoms with Crippen molar-refractivity contribution < 1.29 is 9.72 Å². The van der Waals surface area contributed by atoms with Gasteiger partial charge in [0.2, 0.25) is 0 Å². The molecule has 0 aromatic heterocycles. The topological polar surface area (TPSA) is 75.5 Å². The van der Waals surface area contributed by atoms with Gasteiger partial charge in [0.1, 0.15) is 5.69 Å². The lowest BCUT2D eigenvalue weighted by Gasteiger charge is -2.22. The number of carbonyl (C=O) groups is 1. The van der Waals surface area contributed by atoms with Crippen LogP contribution in [0.25, 0.3) is 0 Å². The molecule has 6 nitrogen and oxygen atoms in total. The molecule has 0 radical (unpaired) electrons. The maximum Gasteiger partial charge on any atom is 0.293 e. The Hall–Kier alpha value is -2.89. The third-order valence-electron chi connectivity index (χ3n) is 5.03. The Labute approximate surface area is 159 Å². The summed E-state index contributed by atoms with van der Waals surface area (Å²) in [5, 5.41) is 14.5. The summed E-state index contributed by atoms with van der Waals surface area (Å²) in [5.41, 5.74) is 2.66. The fraction of sp³-hybridized carbons (Fsp3) is 0.381. The summed E-state index contributed by atoms with van der Waals surface area (Å²) in [5.74, 6) is -0.332. The number of aryl methyl sites for hydroxylation is 1. The van der Waals surface area contributed by atoms with Crippen molar-refractivity contribution in [3.8, 4) is 0 Å². The molecule has 1 fully saturated rings. The number of rotatable bonds is 5. The van der Waals surface area contributed by atoms with E-state index in [2.05, 4.69) is 10.2 Å². The first kappa shape index (κ1) is 18.9. The molecule has 0 aliphatic carbocycles. The summed E-state index contributed by atoms with van der Waals surface area (Å²) in [7, 11) is 0. The van der Waals surface area contributed by atoms with Crippen LogP contribution in [0.5, 0.6) is 0 Å². The molecule has 1 amide bonds. The SMILES string of the molecule is CCc1ccccc1NC(=O)c1ccc(N2CCCCCC2)c([N+](=O)[O-])c1. The highest BCUT2D eigenvalue weighted by Crippen LogP contribution is 2.31. The van der Waals surface area contributed by atoms with E-state index in [-0.39, 0.29) is 11.6 Å². The Balaban J connectivity index is 1.86. The number of carbonyl (C=O) groups excluding carboxylic acids is 1. The average Bonchev–Trinajstić information content (AvgIpc) is 2.97. The van der Waals surface area contributed by atoms with Gasteiger partial charge in [0.25, 0.3) is 11.6 Å². The summed E-state index contributed by atoms with van der Waals surface area (Å²) in [6, 6.07) is 12.4. The predicted molar refractivity (Wildman–Crippen MR) is 108 cm³/mol. The van der Waals surface area contributed by atoms with Gasteiger partial charge in [0.05, 0.1) is 4.92 Å². The molecule has 0 atom stereocenters. The van der Waals surface area contributed by atoms with Crippen LogP contribution in [0, 0.1) is 10.1 Å². The molecule has 1 aliphatic heterocycles. The van der Waals surface area contributed by atoms with Crippen LogP contribution >= 0.6 is 0 Å². The average molecular weight is 367 g/mol. The van der Waals surface area contributed by atoms with Gasteiger partial charge in [-0.15, -0.1) is 0 Å². The molecule has 0 unspecified atom stereocenters. The fourth-order valence-corrected chi connectivity index (χ4v) is 3.53. The van der Waals surface area contributed by atoms with E-state index in [1.54, 1.807) is 12.1 Å². The first-order valence-electron chi connectivity index (χ1n) is 9.52. The Kier molecular flexibility index (Phi) is 6.06. The monoisotopic (exact) mass is 367 g/mol. The minimum absolute atomic E-state index is 0.00618. The number of anilines is 2. The van der Waals surface area contributed by atoms with Crippen LogP contribution in [0.2, 0.25) is 0 Å². The molecule has 27 heavy (non-hydrogen) atoms. The number of para-hydroxylation sites is 1. The molecule has 1 aliphatic rings. The number of nitro groups is 1. The second-order valence-electron chi connectivity index (χ2n) is 6.83. The van der Waals surface area contributed by atoms with E-state index in [1.807, 2.05) is 31.2 Å². The minimum Gasteiger partial charge on any atom is -0.366 e. The Morgan fingerprint density at radius 3 is 2.48 bits per heavy atom. The first-order chi connectivity index (χ1) is 13.1. The van der Waals surface area contributed by atoms with Gasteiger partial charge in [-0.05, 0) is 43.0 Å². The fourth-order valence-electron chi connectivity index (χ4n) is 3.53. The standard InChI is InChI=1S/C21H25N3O3/c1-2-16-9-5-6-10-18(16)22-21(25)17-11-12-19(20(15-17)24(26)27)23-13-7-3-4-8-14-23/h5-6,9-12,15H,2-4,7-8,13-14H2,1H3,(H,22,25). The second-order valence-corrected chi connectivity index (χ2v) is 6.83. The van der Waals surface area contributed by atoms with Crippen LogP contribution in [0.1, 0.15) is 48.5 Å². The first-order valence-corrected chi connectivity index (χ1v) is 9.52. The number of nitrogens with zero attached hydrogens (tertiary/aromatic N) is 2. The van der Waals surface area contributed by atoms with Gasteiger partial charge in [-0.3, -0.25) is 14.9 Å². The lowest BCUT2D eigenvalue weighted by Crippen LogP contribution is -2.25. The van der Waals surface area contributed by atoms with E-state index >= 15 is 0 Å². The summed E-state index contributed by atoms with van der Waals surface area (Å²) in [6.07, 6.45) is 5.17. The molecule has 1 N–H and O–H groups in total. The van der Waals surface area contributed by atoms with Crippen molar-refractivity contribution >= 4 is 23.0 Å². The van der Waals surface area contributed by atoms with Crippen molar-refractivity contribution in [3.63, 3.8) is 0 Å². The largest absolute Gasteiger partial charge is 0.366 e. The molecule has 0 saturated carbocycles. The molecule has 0 spiro atoms. The van der Waals surface area contributed by atoms with Crippen LogP contribution in [-0.2, 0) is 6.42 Å². The van der Waals surface area contributed by atoms with Crippen molar-refractivity contribution in [2.45, 2.75) is 39.0 Å². The molecular formula is C21H25N3O3. The van der Waals surface area contributed by atoms with Gasteiger partial charge in [0.15, 0.2) is 0 Å². The molecule has 142 valence electrons. The van der Waals surface area contributed by atoms with Crippen molar-refractivity contribution in [1.82, 2.24) is 0 Å². The molecule has 2 aromatic rings. The van der Waals surface area contributed by atoms with Crippen molar-refractivity contribution in [2.24, 2.45) is 0 Å². The Morgan fingerprint density at radius 2 is 1.81 bits per heavy atom. The lowest BCUT2D eigenvalue weighted by molar-refractivity contribution is -0.384. The van der Waals surface area contributed by atoms with E-state index in [4.69, 9.17) is 0 Å². The Morgan fingerprint density at radius 1 is 1.11 bits per heavy atom. The lowest BCUT2D eigenvalue weighted by atomic mass is 10.1. The molecule has 6 heteroatoms. The quantitative estimate of drug-likeness (QED) is 0.609. The van der Waals surface area contributed by atoms with Gasteiger partial charge < -0.3 is 10.2 Å². The van der Waals surface area contributed by atoms with Crippen LogP contribution < -0.4 is 10.2 Å². The van der Waals surface area contributed by atoms with Crippen molar-refractivity contribution in [3.05, 3.63) is 63.7 Å². The number of hydrogen-bond donors (Lipinski definition) is 1.